The van der Waals surface area contributed by atoms with Gasteiger partial charge in [0.25, 0.3) is 5.56 Å². The second-order valence-electron chi connectivity index (χ2n) is 8.10. The van der Waals surface area contributed by atoms with Gasteiger partial charge in [-0.3, -0.25) is 9.36 Å². The van der Waals surface area contributed by atoms with E-state index < -0.39 is 0 Å². The molecule has 0 bridgehead atoms. The molecule has 0 spiro atoms. The Hall–Kier alpha value is -3.22. The van der Waals surface area contributed by atoms with E-state index in [1.54, 1.807) is 15.9 Å². The highest BCUT2D eigenvalue weighted by molar-refractivity contribution is 7.98. The molecular formula is C27H23N3OS2. The summed E-state index contributed by atoms with van der Waals surface area (Å²) < 4.78 is 1.72. The van der Waals surface area contributed by atoms with Crippen LogP contribution in [0.3, 0.4) is 0 Å². The monoisotopic (exact) mass is 469 g/mol. The molecule has 0 N–H and O–H groups in total. The van der Waals surface area contributed by atoms with Gasteiger partial charge in [-0.05, 0) is 35.7 Å². The molecule has 2 heterocycles. The van der Waals surface area contributed by atoms with Gasteiger partial charge in [-0.15, -0.1) is 11.3 Å². The Morgan fingerprint density at radius 3 is 2.39 bits per heavy atom. The molecule has 5 rings (SSSR count). The summed E-state index contributed by atoms with van der Waals surface area (Å²) in [4.78, 5) is 23.1. The molecule has 5 aromatic rings. The third kappa shape index (κ3) is 4.49. The summed E-state index contributed by atoms with van der Waals surface area (Å²) >= 11 is 3.17. The van der Waals surface area contributed by atoms with Gasteiger partial charge in [0.1, 0.15) is 5.01 Å². The standard InChI is InChI=1S/C27H23N3OS2/c1-18(2)19-12-14-22(15-13-19)30-26(31)23-10-6-7-11-24(23)29-27(30)33-17-21-16-32-25(28-21)20-8-4-3-5-9-20/h3-16,18H,17H2,1-2H3. The van der Waals surface area contributed by atoms with Crippen LogP contribution in [0.25, 0.3) is 27.2 Å². The Bertz CT molecular complexity index is 1450. The summed E-state index contributed by atoms with van der Waals surface area (Å²) in [6.07, 6.45) is 0. The zero-order valence-electron chi connectivity index (χ0n) is 18.4. The van der Waals surface area contributed by atoms with E-state index in [9.17, 15) is 4.79 Å². The molecule has 0 aliphatic heterocycles. The van der Waals surface area contributed by atoms with Gasteiger partial charge in [-0.25, -0.2) is 9.97 Å². The zero-order valence-corrected chi connectivity index (χ0v) is 20.1. The van der Waals surface area contributed by atoms with Crippen LogP contribution in [-0.2, 0) is 5.75 Å². The number of thioether (sulfide) groups is 1. The first kappa shape index (κ1) is 21.6. The number of benzene rings is 3. The molecule has 0 aliphatic carbocycles. The maximum Gasteiger partial charge on any atom is 0.266 e. The fourth-order valence-corrected chi connectivity index (χ4v) is 5.51. The molecule has 164 valence electrons. The van der Waals surface area contributed by atoms with E-state index in [0.717, 1.165) is 22.0 Å². The van der Waals surface area contributed by atoms with Crippen LogP contribution in [-0.4, -0.2) is 14.5 Å². The van der Waals surface area contributed by atoms with Gasteiger partial charge in [-0.2, -0.15) is 0 Å². The van der Waals surface area contributed by atoms with Crippen LogP contribution >= 0.6 is 23.1 Å². The molecule has 3 aromatic carbocycles. The van der Waals surface area contributed by atoms with E-state index in [-0.39, 0.29) is 5.56 Å². The molecule has 6 heteroatoms. The van der Waals surface area contributed by atoms with E-state index in [4.69, 9.17) is 9.97 Å². The van der Waals surface area contributed by atoms with E-state index in [2.05, 4.69) is 43.5 Å². The summed E-state index contributed by atoms with van der Waals surface area (Å²) in [5.74, 6) is 1.07. The second kappa shape index (κ2) is 9.33. The molecule has 33 heavy (non-hydrogen) atoms. The average molecular weight is 470 g/mol. The molecule has 0 atom stereocenters. The Morgan fingerprint density at radius 1 is 0.909 bits per heavy atom. The van der Waals surface area contributed by atoms with Crippen molar-refractivity contribution < 1.29 is 0 Å². The molecule has 0 fully saturated rings. The first-order valence-electron chi connectivity index (χ1n) is 10.8. The van der Waals surface area contributed by atoms with Crippen LogP contribution in [0.2, 0.25) is 0 Å². The molecule has 0 aliphatic rings. The molecule has 0 saturated heterocycles. The highest BCUT2D eigenvalue weighted by Crippen LogP contribution is 2.29. The van der Waals surface area contributed by atoms with E-state index in [0.29, 0.717) is 27.7 Å². The lowest BCUT2D eigenvalue weighted by Gasteiger charge is -2.14. The summed E-state index contributed by atoms with van der Waals surface area (Å²) in [6, 6.07) is 25.9. The number of hydrogen-bond acceptors (Lipinski definition) is 5. The number of thiazole rings is 1. The quantitative estimate of drug-likeness (QED) is 0.200. The summed E-state index contributed by atoms with van der Waals surface area (Å²) in [6.45, 7) is 4.33. The predicted molar refractivity (Wildman–Crippen MR) is 139 cm³/mol. The van der Waals surface area contributed by atoms with Gasteiger partial charge in [0.05, 0.1) is 22.3 Å². The van der Waals surface area contributed by atoms with Gasteiger partial charge < -0.3 is 0 Å². The largest absolute Gasteiger partial charge is 0.268 e. The minimum absolute atomic E-state index is 0.0522. The molecule has 0 saturated carbocycles. The lowest BCUT2D eigenvalue weighted by molar-refractivity contribution is 0.814. The lowest BCUT2D eigenvalue weighted by atomic mass is 10.0. The van der Waals surface area contributed by atoms with Crippen LogP contribution in [0.5, 0.6) is 0 Å². The van der Waals surface area contributed by atoms with Crippen molar-refractivity contribution >= 4 is 34.0 Å². The highest BCUT2D eigenvalue weighted by atomic mass is 32.2. The van der Waals surface area contributed by atoms with E-state index in [1.807, 2.05) is 54.6 Å². The minimum atomic E-state index is -0.0522. The average Bonchev–Trinajstić information content (AvgIpc) is 3.33. The highest BCUT2D eigenvalue weighted by Gasteiger charge is 2.15. The molecule has 0 unspecified atom stereocenters. The molecule has 0 radical (unpaired) electrons. The van der Waals surface area contributed by atoms with Crippen LogP contribution in [0, 0.1) is 0 Å². The van der Waals surface area contributed by atoms with E-state index >= 15 is 0 Å². The SMILES string of the molecule is CC(C)c1ccc(-n2c(SCc3csc(-c4ccccc4)n3)nc3ccccc3c2=O)cc1. The van der Waals surface area contributed by atoms with Crippen molar-refractivity contribution in [3.63, 3.8) is 0 Å². The summed E-state index contributed by atoms with van der Waals surface area (Å²) in [5, 5.41) is 4.37. The van der Waals surface area contributed by atoms with Crippen LogP contribution < -0.4 is 5.56 Å². The van der Waals surface area contributed by atoms with Gasteiger partial charge >= 0.3 is 0 Å². The topological polar surface area (TPSA) is 47.8 Å². The molecular weight excluding hydrogens is 446 g/mol. The maximum absolute atomic E-state index is 13.5. The van der Waals surface area contributed by atoms with Gasteiger partial charge in [0.2, 0.25) is 0 Å². The van der Waals surface area contributed by atoms with Crippen molar-refractivity contribution in [1.29, 1.82) is 0 Å². The maximum atomic E-state index is 13.5. The second-order valence-corrected chi connectivity index (χ2v) is 9.90. The number of fused-ring (bicyclic) bond motifs is 1. The van der Waals surface area contributed by atoms with Crippen molar-refractivity contribution in [2.45, 2.75) is 30.7 Å². The summed E-state index contributed by atoms with van der Waals surface area (Å²) in [7, 11) is 0. The zero-order chi connectivity index (χ0) is 22.8. The first-order chi connectivity index (χ1) is 16.1. The Labute approximate surface area is 201 Å². The van der Waals surface area contributed by atoms with Gasteiger partial charge in [0, 0.05) is 16.7 Å². The summed E-state index contributed by atoms with van der Waals surface area (Å²) in [5.41, 5.74) is 4.82. The first-order valence-corrected chi connectivity index (χ1v) is 12.7. The van der Waals surface area contributed by atoms with Gasteiger partial charge in [0.15, 0.2) is 5.16 Å². The normalized spacial score (nSPS) is 11.4. The van der Waals surface area contributed by atoms with Crippen LogP contribution in [0.1, 0.15) is 31.0 Å². The van der Waals surface area contributed by atoms with Crippen molar-refractivity contribution in [3.8, 4) is 16.3 Å². The molecule has 4 nitrogen and oxygen atoms in total. The van der Waals surface area contributed by atoms with Crippen molar-refractivity contribution in [2.24, 2.45) is 0 Å². The number of hydrogen-bond donors (Lipinski definition) is 0. The Morgan fingerprint density at radius 2 is 1.64 bits per heavy atom. The van der Waals surface area contributed by atoms with Crippen LogP contribution in [0.4, 0.5) is 0 Å². The Kier molecular flexibility index (Phi) is 6.11. The van der Waals surface area contributed by atoms with Crippen molar-refractivity contribution in [2.75, 3.05) is 0 Å². The molecule has 2 aromatic heterocycles. The van der Waals surface area contributed by atoms with Crippen molar-refractivity contribution in [3.05, 3.63) is 106 Å². The minimum Gasteiger partial charge on any atom is -0.268 e. The van der Waals surface area contributed by atoms with E-state index in [1.165, 1.54) is 17.3 Å². The predicted octanol–water partition coefficient (Wildman–Crippen LogP) is 6.92. The number of rotatable bonds is 6. The smallest absolute Gasteiger partial charge is 0.266 e. The number of para-hydroxylation sites is 1. The molecule has 0 amide bonds. The number of aromatic nitrogens is 3. The van der Waals surface area contributed by atoms with Crippen LogP contribution in [0.15, 0.2) is 94.2 Å². The Balaban J connectivity index is 1.51. The van der Waals surface area contributed by atoms with Crippen molar-refractivity contribution in [1.82, 2.24) is 14.5 Å². The fraction of sp³-hybridized carbons (Fsp3) is 0.148. The number of nitrogens with zero attached hydrogens (tertiary/aromatic N) is 3. The fourth-order valence-electron chi connectivity index (χ4n) is 3.67. The third-order valence-corrected chi connectivity index (χ3v) is 7.40. The van der Waals surface area contributed by atoms with Gasteiger partial charge in [-0.1, -0.05) is 80.2 Å². The third-order valence-electron chi connectivity index (χ3n) is 5.48. The lowest BCUT2D eigenvalue weighted by Crippen LogP contribution is -2.21.